The standard InChI is InChI=1S/C5H9N3O2/c6-4(9)3-5(10)8-2-1-7-3/h3,7H,1-2H2,(H2,6,9)(H,8,10). The third-order valence-electron chi connectivity index (χ3n) is 1.32. The van der Waals surface area contributed by atoms with Crippen LogP contribution in [0.2, 0.25) is 0 Å². The molecule has 1 unspecified atom stereocenters. The molecule has 1 rings (SSSR count). The fourth-order valence-corrected chi connectivity index (χ4v) is 0.827. The summed E-state index contributed by atoms with van der Waals surface area (Å²) in [7, 11) is 0. The van der Waals surface area contributed by atoms with Gasteiger partial charge in [0.1, 0.15) is 0 Å². The lowest BCUT2D eigenvalue weighted by Gasteiger charge is -2.20. The van der Waals surface area contributed by atoms with Crippen molar-refractivity contribution in [1.29, 1.82) is 0 Å². The molecular weight excluding hydrogens is 134 g/mol. The van der Waals surface area contributed by atoms with Gasteiger partial charge in [-0.1, -0.05) is 0 Å². The van der Waals surface area contributed by atoms with Gasteiger partial charge in [0.15, 0.2) is 6.04 Å². The van der Waals surface area contributed by atoms with Crippen molar-refractivity contribution in [2.75, 3.05) is 13.1 Å². The van der Waals surface area contributed by atoms with Crippen LogP contribution in [0.5, 0.6) is 0 Å². The number of amides is 2. The Morgan fingerprint density at radius 3 is 2.70 bits per heavy atom. The minimum atomic E-state index is -0.839. The monoisotopic (exact) mass is 143 g/mol. The molecule has 1 fully saturated rings. The van der Waals surface area contributed by atoms with Crippen LogP contribution in [0.1, 0.15) is 0 Å². The first kappa shape index (κ1) is 7.01. The summed E-state index contributed by atoms with van der Waals surface area (Å²) < 4.78 is 0. The average molecular weight is 143 g/mol. The lowest BCUT2D eigenvalue weighted by molar-refractivity contribution is -0.131. The molecule has 0 saturated carbocycles. The minimum absolute atomic E-state index is 0.334. The minimum Gasteiger partial charge on any atom is -0.368 e. The normalized spacial score (nSPS) is 25.6. The molecule has 0 aliphatic carbocycles. The highest BCUT2D eigenvalue weighted by atomic mass is 16.2. The van der Waals surface area contributed by atoms with E-state index < -0.39 is 11.9 Å². The molecule has 4 N–H and O–H groups in total. The van der Waals surface area contributed by atoms with Crippen molar-refractivity contribution in [2.24, 2.45) is 5.73 Å². The van der Waals surface area contributed by atoms with Crippen LogP contribution in [0.15, 0.2) is 0 Å². The van der Waals surface area contributed by atoms with E-state index in [1.54, 1.807) is 0 Å². The highest BCUT2D eigenvalue weighted by molar-refractivity contribution is 6.04. The molecule has 1 saturated heterocycles. The van der Waals surface area contributed by atoms with E-state index in [2.05, 4.69) is 10.6 Å². The summed E-state index contributed by atoms with van der Waals surface area (Å²) >= 11 is 0. The summed E-state index contributed by atoms with van der Waals surface area (Å²) in [5, 5.41) is 5.19. The molecule has 1 atom stereocenters. The van der Waals surface area contributed by atoms with Gasteiger partial charge < -0.3 is 11.1 Å². The molecule has 56 valence electrons. The second-order valence-electron chi connectivity index (χ2n) is 2.08. The first-order chi connectivity index (χ1) is 4.72. The van der Waals surface area contributed by atoms with Crippen molar-refractivity contribution in [3.8, 4) is 0 Å². The van der Waals surface area contributed by atoms with Gasteiger partial charge in [0.2, 0.25) is 11.8 Å². The van der Waals surface area contributed by atoms with E-state index in [1.165, 1.54) is 0 Å². The molecule has 10 heavy (non-hydrogen) atoms. The maximum absolute atomic E-state index is 10.8. The molecule has 5 nitrogen and oxygen atoms in total. The van der Waals surface area contributed by atoms with Crippen LogP contribution in [0.4, 0.5) is 0 Å². The number of piperazine rings is 1. The summed E-state index contributed by atoms with van der Waals surface area (Å²) in [5.41, 5.74) is 4.90. The molecule has 1 aliphatic heterocycles. The van der Waals surface area contributed by atoms with Crippen LogP contribution < -0.4 is 16.4 Å². The highest BCUT2D eigenvalue weighted by Gasteiger charge is 2.25. The molecule has 0 aromatic heterocycles. The fraction of sp³-hybridized carbons (Fsp3) is 0.600. The summed E-state index contributed by atoms with van der Waals surface area (Å²) in [6, 6.07) is -0.839. The third-order valence-corrected chi connectivity index (χ3v) is 1.32. The summed E-state index contributed by atoms with van der Waals surface area (Å²) in [6.45, 7) is 1.15. The Morgan fingerprint density at radius 1 is 1.60 bits per heavy atom. The topological polar surface area (TPSA) is 84.2 Å². The van der Waals surface area contributed by atoms with Gasteiger partial charge in [-0.25, -0.2) is 0 Å². The van der Waals surface area contributed by atoms with E-state index in [4.69, 9.17) is 5.73 Å². The molecular formula is C5H9N3O2. The Morgan fingerprint density at radius 2 is 2.30 bits per heavy atom. The molecule has 0 bridgehead atoms. The number of primary amides is 1. The Bertz CT molecular complexity index is 168. The summed E-state index contributed by atoms with van der Waals surface area (Å²) in [5.74, 6) is -0.962. The maximum atomic E-state index is 10.8. The Balaban J connectivity index is 2.56. The molecule has 5 heteroatoms. The van der Waals surface area contributed by atoms with Gasteiger partial charge in [-0.15, -0.1) is 0 Å². The molecule has 2 amide bonds. The highest BCUT2D eigenvalue weighted by Crippen LogP contribution is 1.86. The van der Waals surface area contributed by atoms with Crippen LogP contribution in [0, 0.1) is 0 Å². The lowest BCUT2D eigenvalue weighted by Crippen LogP contribution is -2.58. The van der Waals surface area contributed by atoms with Crippen molar-refractivity contribution in [2.45, 2.75) is 6.04 Å². The number of nitrogens with one attached hydrogen (secondary N) is 2. The second-order valence-corrected chi connectivity index (χ2v) is 2.08. The van der Waals surface area contributed by atoms with Crippen molar-refractivity contribution in [3.63, 3.8) is 0 Å². The largest absolute Gasteiger partial charge is 0.368 e. The van der Waals surface area contributed by atoms with Gasteiger partial charge in [-0.05, 0) is 0 Å². The first-order valence-corrected chi connectivity index (χ1v) is 3.02. The van der Waals surface area contributed by atoms with Crippen molar-refractivity contribution >= 4 is 11.8 Å². The van der Waals surface area contributed by atoms with Gasteiger partial charge in [-0.2, -0.15) is 0 Å². The smallest absolute Gasteiger partial charge is 0.246 e. The molecule has 0 radical (unpaired) electrons. The van der Waals surface area contributed by atoms with Crippen LogP contribution in [-0.2, 0) is 9.59 Å². The van der Waals surface area contributed by atoms with E-state index in [0.29, 0.717) is 13.1 Å². The Labute approximate surface area is 58.0 Å². The Kier molecular flexibility index (Phi) is 1.86. The predicted molar refractivity (Wildman–Crippen MR) is 34.0 cm³/mol. The van der Waals surface area contributed by atoms with Crippen molar-refractivity contribution < 1.29 is 9.59 Å². The number of hydrogen-bond acceptors (Lipinski definition) is 3. The quantitative estimate of drug-likeness (QED) is 0.356. The third kappa shape index (κ3) is 1.24. The molecule has 0 aromatic carbocycles. The summed E-state index contributed by atoms with van der Waals surface area (Å²) in [6.07, 6.45) is 0. The lowest BCUT2D eigenvalue weighted by atomic mass is 10.2. The zero-order valence-corrected chi connectivity index (χ0v) is 5.39. The SMILES string of the molecule is NC(=O)C1NCCNC1=O. The summed E-state index contributed by atoms with van der Waals surface area (Å²) in [4.78, 5) is 21.2. The van der Waals surface area contributed by atoms with E-state index in [-0.39, 0.29) is 5.91 Å². The maximum Gasteiger partial charge on any atom is 0.246 e. The van der Waals surface area contributed by atoms with Gasteiger partial charge in [0.25, 0.3) is 0 Å². The molecule has 0 spiro atoms. The molecule has 0 aromatic rings. The number of nitrogens with two attached hydrogens (primary N) is 1. The first-order valence-electron chi connectivity index (χ1n) is 3.02. The van der Waals surface area contributed by atoms with Gasteiger partial charge in [0.05, 0.1) is 0 Å². The van der Waals surface area contributed by atoms with Crippen LogP contribution in [-0.4, -0.2) is 30.9 Å². The molecule has 1 aliphatic rings. The van der Waals surface area contributed by atoms with Crippen molar-refractivity contribution in [3.05, 3.63) is 0 Å². The van der Waals surface area contributed by atoms with Gasteiger partial charge in [-0.3, -0.25) is 14.9 Å². The predicted octanol–water partition coefficient (Wildman–Crippen LogP) is -2.44. The van der Waals surface area contributed by atoms with E-state index in [1.807, 2.05) is 0 Å². The van der Waals surface area contributed by atoms with E-state index >= 15 is 0 Å². The number of hydrogen-bond donors (Lipinski definition) is 3. The number of carbonyl (C=O) groups is 2. The fourth-order valence-electron chi connectivity index (χ4n) is 0.827. The van der Waals surface area contributed by atoms with Crippen LogP contribution in [0.3, 0.4) is 0 Å². The number of carbonyl (C=O) groups excluding carboxylic acids is 2. The van der Waals surface area contributed by atoms with Crippen LogP contribution in [0.25, 0.3) is 0 Å². The zero-order chi connectivity index (χ0) is 7.56. The second kappa shape index (κ2) is 2.66. The van der Waals surface area contributed by atoms with E-state index in [9.17, 15) is 9.59 Å². The average Bonchev–Trinajstić information content (AvgIpc) is 1.88. The Hall–Kier alpha value is -1.10. The van der Waals surface area contributed by atoms with E-state index in [0.717, 1.165) is 0 Å². The number of rotatable bonds is 1. The molecule has 1 heterocycles. The van der Waals surface area contributed by atoms with Crippen LogP contribution >= 0.6 is 0 Å². The van der Waals surface area contributed by atoms with Gasteiger partial charge in [0, 0.05) is 13.1 Å². The van der Waals surface area contributed by atoms with Crippen molar-refractivity contribution in [1.82, 2.24) is 10.6 Å². The van der Waals surface area contributed by atoms with Gasteiger partial charge >= 0.3 is 0 Å². The zero-order valence-electron chi connectivity index (χ0n) is 5.39.